The van der Waals surface area contributed by atoms with Crippen LogP contribution in [0.4, 0.5) is 16.2 Å². The second kappa shape index (κ2) is 6.43. The quantitative estimate of drug-likeness (QED) is 0.406. The molecule has 0 bridgehead atoms. The molecule has 0 aromatic carbocycles. The summed E-state index contributed by atoms with van der Waals surface area (Å²) in [6.07, 6.45) is 1.42. The molecule has 102 valence electrons. The van der Waals surface area contributed by atoms with Crippen molar-refractivity contribution in [3.05, 3.63) is 12.0 Å². The largest absolute Gasteiger partial charge is 0.388 e. The molecule has 0 aliphatic carbocycles. The maximum Gasteiger partial charge on any atom is 0.239 e. The fraction of sp³-hybridized carbons (Fsp3) is 0.600. The monoisotopic (exact) mass is 259 g/mol. The first kappa shape index (κ1) is 14.6. The van der Waals surface area contributed by atoms with Gasteiger partial charge in [-0.25, -0.2) is 15.2 Å². The van der Waals surface area contributed by atoms with Crippen LogP contribution in [0.2, 0.25) is 0 Å². The van der Waals surface area contributed by atoms with Gasteiger partial charge >= 0.3 is 0 Å². The number of nitrogens with one attached hydrogen (secondary N) is 2. The summed E-state index contributed by atoms with van der Waals surface area (Å²) >= 11 is 0. The van der Waals surface area contributed by atoms with Crippen molar-refractivity contribution >= 4 is 11.8 Å². The summed E-state index contributed by atoms with van der Waals surface area (Å²) in [6, 6.07) is 0. The number of hydrazine groups is 1. The van der Waals surface area contributed by atoms with Crippen molar-refractivity contribution in [2.24, 2.45) is 5.84 Å². The summed E-state index contributed by atoms with van der Waals surface area (Å²) in [5.74, 6) is 4.59. The van der Waals surface area contributed by atoms with Gasteiger partial charge in [0.05, 0.1) is 11.8 Å². The molecule has 0 aliphatic heterocycles. The van der Waals surface area contributed by atoms with Gasteiger partial charge in [-0.2, -0.15) is 4.98 Å². The first-order valence-electron chi connectivity index (χ1n) is 5.43. The first-order valence-corrected chi connectivity index (χ1v) is 5.43. The van der Waals surface area contributed by atoms with Gasteiger partial charge in [0.1, 0.15) is 0 Å². The summed E-state index contributed by atoms with van der Waals surface area (Å²) in [4.78, 5) is 7.41. The predicted octanol–water partition coefficient (Wildman–Crippen LogP) is 0.101. The zero-order chi connectivity index (χ0) is 13.6. The second-order valence-electron chi connectivity index (χ2n) is 4.13. The minimum atomic E-state index is -1.02. The molecule has 1 aromatic rings. The first-order chi connectivity index (χ1) is 8.48. The third kappa shape index (κ3) is 4.40. The average Bonchev–Trinajstić information content (AvgIpc) is 2.35. The van der Waals surface area contributed by atoms with Crippen molar-refractivity contribution in [1.29, 1.82) is 0 Å². The van der Waals surface area contributed by atoms with Crippen LogP contribution in [0.15, 0.2) is 6.20 Å². The van der Waals surface area contributed by atoms with Crippen LogP contribution in [0.5, 0.6) is 0 Å². The lowest BCUT2D eigenvalue weighted by atomic mass is 10.0. The maximum absolute atomic E-state index is 13.4. The number of hydrogen-bond donors (Lipinski definition) is 4. The Labute approximate surface area is 105 Å². The van der Waals surface area contributed by atoms with E-state index in [1.807, 2.05) is 0 Å². The third-order valence-electron chi connectivity index (χ3n) is 2.35. The molecule has 0 aliphatic rings. The molecule has 8 heteroatoms. The van der Waals surface area contributed by atoms with Crippen LogP contribution in [-0.2, 0) is 4.74 Å². The summed E-state index contributed by atoms with van der Waals surface area (Å²) in [5.41, 5.74) is 1.19. The number of anilines is 2. The fourth-order valence-corrected chi connectivity index (χ4v) is 1.25. The van der Waals surface area contributed by atoms with E-state index < -0.39 is 11.4 Å². The Kier molecular flexibility index (Phi) is 5.20. The van der Waals surface area contributed by atoms with E-state index in [-0.39, 0.29) is 18.3 Å². The molecule has 0 amide bonds. The molecule has 0 fully saturated rings. The third-order valence-corrected chi connectivity index (χ3v) is 2.35. The van der Waals surface area contributed by atoms with Crippen LogP contribution >= 0.6 is 0 Å². The topological polar surface area (TPSA) is 105 Å². The van der Waals surface area contributed by atoms with Crippen LogP contribution in [-0.4, -0.2) is 40.9 Å². The lowest BCUT2D eigenvalue weighted by molar-refractivity contribution is 0.0356. The van der Waals surface area contributed by atoms with Crippen molar-refractivity contribution in [3.63, 3.8) is 0 Å². The molecule has 1 rings (SSSR count). The van der Waals surface area contributed by atoms with Crippen LogP contribution in [0.3, 0.4) is 0 Å². The Morgan fingerprint density at radius 2 is 2.33 bits per heavy atom. The Bertz CT molecular complexity index is 389. The van der Waals surface area contributed by atoms with E-state index in [0.29, 0.717) is 13.0 Å². The number of nitrogens with two attached hydrogens (primary N) is 1. The van der Waals surface area contributed by atoms with Gasteiger partial charge in [0.25, 0.3) is 0 Å². The van der Waals surface area contributed by atoms with E-state index in [9.17, 15) is 9.50 Å². The van der Waals surface area contributed by atoms with Gasteiger partial charge in [0.2, 0.25) is 5.95 Å². The van der Waals surface area contributed by atoms with Gasteiger partial charge in [-0.15, -0.1) is 0 Å². The van der Waals surface area contributed by atoms with E-state index in [2.05, 4.69) is 20.7 Å². The summed E-state index contributed by atoms with van der Waals surface area (Å²) in [6.45, 7) is 2.17. The highest BCUT2D eigenvalue weighted by molar-refractivity contribution is 5.40. The average molecular weight is 259 g/mol. The number of hydrogen-bond acceptors (Lipinski definition) is 7. The molecule has 1 aromatic heterocycles. The highest BCUT2D eigenvalue weighted by Crippen LogP contribution is 2.15. The van der Waals surface area contributed by atoms with Crippen LogP contribution in [0.25, 0.3) is 0 Å². The standard InChI is InChI=1S/C10H18FN5O2/c1-10(17,3-4-18-2)6-14-8-7(11)5-13-9(15-8)16-12/h5,17H,3-4,6,12H2,1-2H3,(H2,13,14,15,16). The zero-order valence-electron chi connectivity index (χ0n) is 10.4. The Hall–Kier alpha value is -1.51. The summed E-state index contributed by atoms with van der Waals surface area (Å²) < 4.78 is 18.2. The van der Waals surface area contributed by atoms with Gasteiger partial charge in [-0.1, -0.05) is 0 Å². The minimum Gasteiger partial charge on any atom is -0.388 e. The van der Waals surface area contributed by atoms with E-state index in [0.717, 1.165) is 6.20 Å². The molecule has 1 atom stereocenters. The predicted molar refractivity (Wildman–Crippen MR) is 65.4 cm³/mol. The van der Waals surface area contributed by atoms with Crippen molar-refractivity contribution in [2.75, 3.05) is 31.0 Å². The van der Waals surface area contributed by atoms with Crippen molar-refractivity contribution < 1.29 is 14.2 Å². The van der Waals surface area contributed by atoms with E-state index in [1.165, 1.54) is 0 Å². The molecule has 0 saturated heterocycles. The van der Waals surface area contributed by atoms with Crippen LogP contribution in [0, 0.1) is 5.82 Å². The number of methoxy groups -OCH3 is 1. The van der Waals surface area contributed by atoms with Crippen molar-refractivity contribution in [2.45, 2.75) is 18.9 Å². The number of aliphatic hydroxyl groups is 1. The number of nitrogen functional groups attached to an aromatic ring is 1. The molecule has 5 N–H and O–H groups in total. The molecule has 1 heterocycles. The number of rotatable bonds is 7. The van der Waals surface area contributed by atoms with Crippen LogP contribution in [0.1, 0.15) is 13.3 Å². The van der Waals surface area contributed by atoms with E-state index in [1.54, 1.807) is 14.0 Å². The smallest absolute Gasteiger partial charge is 0.239 e. The lowest BCUT2D eigenvalue weighted by Gasteiger charge is -2.23. The minimum absolute atomic E-state index is 0.0179. The van der Waals surface area contributed by atoms with Crippen molar-refractivity contribution in [1.82, 2.24) is 9.97 Å². The number of aromatic nitrogens is 2. The molecule has 0 radical (unpaired) electrons. The molecule has 0 saturated carbocycles. The Morgan fingerprint density at radius 3 is 2.94 bits per heavy atom. The van der Waals surface area contributed by atoms with Gasteiger partial charge in [0, 0.05) is 26.7 Å². The highest BCUT2D eigenvalue weighted by Gasteiger charge is 2.20. The fourth-order valence-electron chi connectivity index (χ4n) is 1.25. The number of nitrogens with zero attached hydrogens (tertiary/aromatic N) is 2. The Balaban J connectivity index is 2.62. The summed E-state index contributed by atoms with van der Waals surface area (Å²) in [7, 11) is 1.55. The molecular weight excluding hydrogens is 241 g/mol. The molecular formula is C10H18FN5O2. The summed E-state index contributed by atoms with van der Waals surface area (Å²) in [5, 5.41) is 12.7. The van der Waals surface area contributed by atoms with Gasteiger partial charge in [0.15, 0.2) is 11.6 Å². The SMILES string of the molecule is COCCC(C)(O)CNc1nc(NN)ncc1F. The van der Waals surface area contributed by atoms with Gasteiger partial charge < -0.3 is 15.2 Å². The molecule has 0 spiro atoms. The number of ether oxygens (including phenoxy) is 1. The lowest BCUT2D eigenvalue weighted by Crippen LogP contribution is -2.35. The maximum atomic E-state index is 13.4. The molecule has 18 heavy (non-hydrogen) atoms. The van der Waals surface area contributed by atoms with Crippen LogP contribution < -0.4 is 16.6 Å². The van der Waals surface area contributed by atoms with Gasteiger partial charge in [-0.3, -0.25) is 5.43 Å². The zero-order valence-corrected chi connectivity index (χ0v) is 10.4. The molecule has 7 nitrogen and oxygen atoms in total. The molecule has 1 unspecified atom stereocenters. The normalized spacial score (nSPS) is 14.1. The van der Waals surface area contributed by atoms with Gasteiger partial charge in [-0.05, 0) is 6.92 Å². The highest BCUT2D eigenvalue weighted by atomic mass is 19.1. The Morgan fingerprint density at radius 1 is 1.61 bits per heavy atom. The number of halogens is 1. The van der Waals surface area contributed by atoms with E-state index in [4.69, 9.17) is 10.6 Å². The van der Waals surface area contributed by atoms with E-state index >= 15 is 0 Å². The second-order valence-corrected chi connectivity index (χ2v) is 4.13. The van der Waals surface area contributed by atoms with Crippen molar-refractivity contribution in [3.8, 4) is 0 Å².